The summed E-state index contributed by atoms with van der Waals surface area (Å²) in [5, 5.41) is 4.65. The Labute approximate surface area is 239 Å². The highest BCUT2D eigenvalue weighted by atomic mass is 35.5. The van der Waals surface area contributed by atoms with Crippen molar-refractivity contribution in [3.05, 3.63) is 132 Å². The summed E-state index contributed by atoms with van der Waals surface area (Å²) < 4.78 is 4.41. The molecule has 0 unspecified atom stereocenters. The van der Waals surface area contributed by atoms with E-state index in [0.717, 1.165) is 38.8 Å². The van der Waals surface area contributed by atoms with Gasteiger partial charge < -0.3 is 4.57 Å². The van der Waals surface area contributed by atoms with E-state index in [1.54, 1.807) is 0 Å². The van der Waals surface area contributed by atoms with Crippen molar-refractivity contribution in [2.45, 2.75) is 0 Å². The monoisotopic (exact) mass is 554 g/mol. The normalized spacial score (nSPS) is 11.8. The van der Waals surface area contributed by atoms with E-state index < -0.39 is 0 Å². The molecule has 8 aromatic rings. The minimum atomic E-state index is 0.123. The molecule has 0 saturated heterocycles. The molecule has 0 atom stereocenters. The maximum Gasteiger partial charge on any atom is 0.225 e. The fraction of sp³-hybridized carbons (Fsp3) is 0. The molecule has 0 saturated carbocycles. The molecule has 40 heavy (non-hydrogen) atoms. The van der Waals surface area contributed by atoms with E-state index in [2.05, 4.69) is 104 Å². The first-order valence-electron chi connectivity index (χ1n) is 13.0. The first-order valence-corrected chi connectivity index (χ1v) is 13.7. The van der Waals surface area contributed by atoms with Crippen molar-refractivity contribution in [1.29, 1.82) is 0 Å². The largest absolute Gasteiger partial charge is 0.309 e. The minimum absolute atomic E-state index is 0.123. The van der Waals surface area contributed by atoms with Gasteiger partial charge in [-0.3, -0.25) is 4.57 Å². The molecule has 5 aromatic carbocycles. The van der Waals surface area contributed by atoms with E-state index in [4.69, 9.17) is 23.2 Å². The fourth-order valence-electron chi connectivity index (χ4n) is 5.86. The standard InChI is InChI=1S/C34H20Cl2N4/c35-32-31-27-20-22(16-18-30(27)40(24-11-5-2-6-12-24)33(31)38-34(36)37-32)21-15-17-29-26(19-21)25-13-7-8-14-28(25)39(29)23-9-3-1-4-10-23/h1-20H. The average molecular weight is 555 g/mol. The lowest BCUT2D eigenvalue weighted by atomic mass is 10.0. The molecular formula is C34H20Cl2N4. The summed E-state index contributed by atoms with van der Waals surface area (Å²) in [6.07, 6.45) is 0. The van der Waals surface area contributed by atoms with Gasteiger partial charge in [0, 0.05) is 27.5 Å². The van der Waals surface area contributed by atoms with Gasteiger partial charge in [0.05, 0.1) is 21.9 Å². The molecule has 4 nitrogen and oxygen atoms in total. The third kappa shape index (κ3) is 3.47. The van der Waals surface area contributed by atoms with Gasteiger partial charge in [-0.15, -0.1) is 0 Å². The van der Waals surface area contributed by atoms with Crippen LogP contribution in [-0.4, -0.2) is 19.1 Å². The van der Waals surface area contributed by atoms with Crippen molar-refractivity contribution >= 4 is 66.9 Å². The second-order valence-corrected chi connectivity index (χ2v) is 10.5. The Morgan fingerprint density at radius 3 is 1.73 bits per heavy atom. The van der Waals surface area contributed by atoms with Crippen molar-refractivity contribution in [3.63, 3.8) is 0 Å². The van der Waals surface area contributed by atoms with Crippen LogP contribution in [0.2, 0.25) is 10.4 Å². The van der Waals surface area contributed by atoms with Gasteiger partial charge in [-0.25, -0.2) is 4.98 Å². The van der Waals surface area contributed by atoms with Crippen molar-refractivity contribution in [3.8, 4) is 22.5 Å². The number of hydrogen-bond donors (Lipinski definition) is 0. The van der Waals surface area contributed by atoms with E-state index in [1.807, 2.05) is 36.4 Å². The minimum Gasteiger partial charge on any atom is -0.309 e. The summed E-state index contributed by atoms with van der Waals surface area (Å²) >= 11 is 13.0. The van der Waals surface area contributed by atoms with Crippen molar-refractivity contribution in [2.24, 2.45) is 0 Å². The smallest absolute Gasteiger partial charge is 0.225 e. The van der Waals surface area contributed by atoms with Crippen LogP contribution < -0.4 is 0 Å². The lowest BCUT2D eigenvalue weighted by Crippen LogP contribution is -1.96. The second kappa shape index (κ2) is 8.95. The van der Waals surface area contributed by atoms with Crippen LogP contribution in [0.4, 0.5) is 0 Å². The lowest BCUT2D eigenvalue weighted by Gasteiger charge is -2.09. The second-order valence-electron chi connectivity index (χ2n) is 9.80. The first-order chi connectivity index (χ1) is 19.7. The first kappa shape index (κ1) is 23.3. The van der Waals surface area contributed by atoms with E-state index in [1.165, 1.54) is 21.8 Å². The van der Waals surface area contributed by atoms with Crippen LogP contribution in [0.25, 0.3) is 66.2 Å². The Hall–Kier alpha value is -4.64. The van der Waals surface area contributed by atoms with Crippen LogP contribution in [-0.2, 0) is 0 Å². The molecular weight excluding hydrogens is 535 g/mol. The summed E-state index contributed by atoms with van der Waals surface area (Å²) in [7, 11) is 0. The SMILES string of the molecule is Clc1nc(Cl)c2c3cc(-c4ccc5c(c4)c4ccccc4n5-c4ccccc4)ccc3n(-c3ccccc3)c2n1. The van der Waals surface area contributed by atoms with Gasteiger partial charge in [-0.05, 0) is 77.3 Å². The van der Waals surface area contributed by atoms with Crippen LogP contribution in [0.15, 0.2) is 121 Å². The topological polar surface area (TPSA) is 35.6 Å². The van der Waals surface area contributed by atoms with Crippen LogP contribution in [0.1, 0.15) is 0 Å². The lowest BCUT2D eigenvalue weighted by molar-refractivity contribution is 1.11. The molecule has 0 N–H and O–H groups in total. The molecule has 8 rings (SSSR count). The predicted octanol–water partition coefficient (Wildman–Crippen LogP) is 9.64. The Kier molecular flexibility index (Phi) is 5.21. The predicted molar refractivity (Wildman–Crippen MR) is 166 cm³/mol. The highest BCUT2D eigenvalue weighted by Crippen LogP contribution is 2.39. The number of aromatic nitrogens is 4. The molecule has 3 aromatic heterocycles. The Bertz CT molecular complexity index is 2230. The molecule has 3 heterocycles. The van der Waals surface area contributed by atoms with Gasteiger partial charge >= 0.3 is 0 Å². The number of rotatable bonds is 3. The zero-order chi connectivity index (χ0) is 26.8. The van der Waals surface area contributed by atoms with E-state index in [0.29, 0.717) is 10.8 Å². The summed E-state index contributed by atoms with van der Waals surface area (Å²) in [4.78, 5) is 8.86. The van der Waals surface area contributed by atoms with Gasteiger partial charge in [0.15, 0.2) is 5.65 Å². The third-order valence-electron chi connectivity index (χ3n) is 7.57. The van der Waals surface area contributed by atoms with E-state index in [-0.39, 0.29) is 5.28 Å². The molecule has 6 heteroatoms. The Morgan fingerprint density at radius 2 is 1.02 bits per heavy atom. The molecule has 0 aliphatic rings. The molecule has 0 spiro atoms. The van der Waals surface area contributed by atoms with Crippen LogP contribution >= 0.6 is 23.2 Å². The number of nitrogens with zero attached hydrogens (tertiary/aromatic N) is 4. The van der Waals surface area contributed by atoms with Gasteiger partial charge in [0.1, 0.15) is 5.15 Å². The van der Waals surface area contributed by atoms with Crippen LogP contribution in [0, 0.1) is 0 Å². The van der Waals surface area contributed by atoms with Gasteiger partial charge in [-0.1, -0.05) is 78.3 Å². The maximum atomic E-state index is 6.69. The van der Waals surface area contributed by atoms with Gasteiger partial charge in [0.25, 0.3) is 0 Å². The Morgan fingerprint density at radius 1 is 0.475 bits per heavy atom. The molecule has 0 radical (unpaired) electrons. The van der Waals surface area contributed by atoms with Gasteiger partial charge in [0.2, 0.25) is 5.28 Å². The number of hydrogen-bond acceptors (Lipinski definition) is 2. The molecule has 0 bridgehead atoms. The number of halogens is 2. The summed E-state index contributed by atoms with van der Waals surface area (Å²) in [6, 6.07) is 42.3. The summed E-state index contributed by atoms with van der Waals surface area (Å²) in [6.45, 7) is 0. The summed E-state index contributed by atoms with van der Waals surface area (Å²) in [5.74, 6) is 0. The molecule has 190 valence electrons. The van der Waals surface area contributed by atoms with E-state index >= 15 is 0 Å². The number of fused-ring (bicyclic) bond motifs is 6. The molecule has 0 amide bonds. The summed E-state index contributed by atoms with van der Waals surface area (Å²) in [5.41, 5.74) is 8.36. The average Bonchev–Trinajstić information content (AvgIpc) is 3.50. The molecule has 0 aliphatic carbocycles. The highest BCUT2D eigenvalue weighted by molar-refractivity contribution is 6.38. The van der Waals surface area contributed by atoms with Crippen LogP contribution in [0.3, 0.4) is 0 Å². The third-order valence-corrected chi connectivity index (χ3v) is 8.01. The van der Waals surface area contributed by atoms with Crippen molar-refractivity contribution in [2.75, 3.05) is 0 Å². The van der Waals surface area contributed by atoms with Crippen molar-refractivity contribution < 1.29 is 0 Å². The van der Waals surface area contributed by atoms with Gasteiger partial charge in [-0.2, -0.15) is 4.98 Å². The fourth-order valence-corrected chi connectivity index (χ4v) is 6.34. The zero-order valence-electron chi connectivity index (χ0n) is 21.1. The highest BCUT2D eigenvalue weighted by Gasteiger charge is 2.19. The maximum absolute atomic E-state index is 6.69. The van der Waals surface area contributed by atoms with E-state index in [9.17, 15) is 0 Å². The quantitative estimate of drug-likeness (QED) is 0.161. The number of para-hydroxylation sites is 3. The molecule has 0 aliphatic heterocycles. The van der Waals surface area contributed by atoms with Crippen molar-refractivity contribution in [1.82, 2.24) is 19.1 Å². The Balaban J connectivity index is 1.38. The molecule has 0 fully saturated rings. The number of benzene rings is 5. The van der Waals surface area contributed by atoms with Crippen LogP contribution in [0.5, 0.6) is 0 Å². The zero-order valence-corrected chi connectivity index (χ0v) is 22.6.